The minimum Gasteiger partial charge on any atom is -0.489 e. The Bertz CT molecular complexity index is 610. The molecule has 0 bridgehead atoms. The molecular formula is C17H17NOS. The van der Waals surface area contributed by atoms with Gasteiger partial charge < -0.3 is 10.1 Å². The number of fused-ring (bicyclic) bond motifs is 1. The van der Waals surface area contributed by atoms with Crippen LogP contribution in [0.1, 0.15) is 23.1 Å². The molecule has 0 amide bonds. The van der Waals surface area contributed by atoms with Crippen molar-refractivity contribution in [2.24, 2.45) is 0 Å². The van der Waals surface area contributed by atoms with E-state index in [1.165, 1.54) is 11.1 Å². The Hall–Kier alpha value is -1.87. The Balaban J connectivity index is 1.75. The first-order chi connectivity index (χ1) is 9.83. The Morgan fingerprint density at radius 3 is 2.80 bits per heavy atom. The van der Waals surface area contributed by atoms with Gasteiger partial charge in [0.05, 0.1) is 0 Å². The summed E-state index contributed by atoms with van der Waals surface area (Å²) in [5, 5.41) is 3.27. The molecule has 2 aromatic rings. The normalized spacial score (nSPS) is 14.1. The molecule has 2 nitrogen and oxygen atoms in total. The van der Waals surface area contributed by atoms with Crippen LogP contribution in [0, 0.1) is 0 Å². The van der Waals surface area contributed by atoms with Crippen LogP contribution < -0.4 is 10.1 Å². The minimum absolute atomic E-state index is 0.600. The van der Waals surface area contributed by atoms with Crippen LogP contribution in [0.15, 0.2) is 48.5 Å². The van der Waals surface area contributed by atoms with E-state index in [2.05, 4.69) is 29.6 Å². The quantitative estimate of drug-likeness (QED) is 0.871. The third-order valence-electron chi connectivity index (χ3n) is 3.48. The fourth-order valence-electron chi connectivity index (χ4n) is 2.41. The third-order valence-corrected chi connectivity index (χ3v) is 3.84. The van der Waals surface area contributed by atoms with Gasteiger partial charge in [0.25, 0.3) is 0 Å². The first-order valence-electron chi connectivity index (χ1n) is 6.91. The highest BCUT2D eigenvalue weighted by Gasteiger charge is 2.12. The molecule has 0 unspecified atom stereocenters. The number of benzene rings is 2. The number of nitrogens with one attached hydrogen (secondary N) is 1. The van der Waals surface area contributed by atoms with E-state index >= 15 is 0 Å². The molecule has 1 aliphatic rings. The average Bonchev–Trinajstić information content (AvgIpc) is 2.68. The molecule has 1 heterocycles. The molecule has 20 heavy (non-hydrogen) atoms. The zero-order valence-electron chi connectivity index (χ0n) is 11.3. The third kappa shape index (κ3) is 2.99. The van der Waals surface area contributed by atoms with Gasteiger partial charge in [0.15, 0.2) is 0 Å². The average molecular weight is 283 g/mol. The van der Waals surface area contributed by atoms with Crippen LogP contribution in [-0.4, -0.2) is 11.5 Å². The van der Waals surface area contributed by atoms with Gasteiger partial charge in [-0.05, 0) is 42.2 Å². The summed E-state index contributed by atoms with van der Waals surface area (Å²) >= 11 is 5.38. The van der Waals surface area contributed by atoms with Gasteiger partial charge in [0, 0.05) is 12.1 Å². The maximum atomic E-state index is 5.87. The van der Waals surface area contributed by atoms with Gasteiger partial charge in [-0.3, -0.25) is 0 Å². The monoisotopic (exact) mass is 283 g/mol. The van der Waals surface area contributed by atoms with Gasteiger partial charge in [0.2, 0.25) is 0 Å². The molecule has 1 N–H and O–H groups in total. The van der Waals surface area contributed by atoms with Crippen molar-refractivity contribution in [1.82, 2.24) is 5.32 Å². The maximum Gasteiger partial charge on any atom is 0.120 e. The molecule has 3 rings (SSSR count). The highest BCUT2D eigenvalue weighted by molar-refractivity contribution is 7.80. The van der Waals surface area contributed by atoms with E-state index in [1.807, 2.05) is 24.3 Å². The summed E-state index contributed by atoms with van der Waals surface area (Å²) in [6.45, 7) is 1.55. The summed E-state index contributed by atoms with van der Waals surface area (Å²) < 4.78 is 5.87. The van der Waals surface area contributed by atoms with Gasteiger partial charge in [0.1, 0.15) is 17.3 Å². The highest BCUT2D eigenvalue weighted by Crippen LogP contribution is 2.22. The van der Waals surface area contributed by atoms with Gasteiger partial charge in [-0.25, -0.2) is 0 Å². The Morgan fingerprint density at radius 1 is 1.10 bits per heavy atom. The van der Waals surface area contributed by atoms with E-state index in [0.29, 0.717) is 6.61 Å². The number of aryl methyl sites for hydroxylation is 1. The molecule has 2 aromatic carbocycles. The van der Waals surface area contributed by atoms with Crippen LogP contribution in [0.2, 0.25) is 0 Å². The molecule has 1 aliphatic heterocycles. The van der Waals surface area contributed by atoms with Gasteiger partial charge in [-0.15, -0.1) is 0 Å². The highest BCUT2D eigenvalue weighted by atomic mass is 32.1. The SMILES string of the molecule is S=C1NCCCc2cc(OCc3ccccc3)ccc21. The number of ether oxygens (including phenoxy) is 1. The first-order valence-corrected chi connectivity index (χ1v) is 7.31. The van der Waals surface area contributed by atoms with Crippen molar-refractivity contribution in [3.63, 3.8) is 0 Å². The van der Waals surface area contributed by atoms with E-state index in [-0.39, 0.29) is 0 Å². The molecular weight excluding hydrogens is 266 g/mol. The molecule has 0 aliphatic carbocycles. The second-order valence-corrected chi connectivity index (χ2v) is 5.36. The lowest BCUT2D eigenvalue weighted by Gasteiger charge is -2.11. The van der Waals surface area contributed by atoms with Crippen LogP contribution in [0.4, 0.5) is 0 Å². The molecule has 102 valence electrons. The second-order valence-electron chi connectivity index (χ2n) is 4.95. The van der Waals surface area contributed by atoms with Crippen molar-refractivity contribution >= 4 is 17.2 Å². The summed E-state index contributed by atoms with van der Waals surface area (Å²) in [6, 6.07) is 16.4. The fourth-order valence-corrected chi connectivity index (χ4v) is 2.71. The molecule has 0 radical (unpaired) electrons. The summed E-state index contributed by atoms with van der Waals surface area (Å²) in [5.41, 5.74) is 3.61. The predicted octanol–water partition coefficient (Wildman–Crippen LogP) is 3.48. The lowest BCUT2D eigenvalue weighted by Crippen LogP contribution is -2.21. The number of hydrogen-bond donors (Lipinski definition) is 1. The molecule has 0 saturated carbocycles. The van der Waals surface area contributed by atoms with Crippen LogP contribution in [0.3, 0.4) is 0 Å². The number of hydrogen-bond acceptors (Lipinski definition) is 2. The van der Waals surface area contributed by atoms with Gasteiger partial charge in [-0.1, -0.05) is 42.5 Å². The summed E-state index contributed by atoms with van der Waals surface area (Å²) in [7, 11) is 0. The summed E-state index contributed by atoms with van der Waals surface area (Å²) in [6.07, 6.45) is 2.15. The predicted molar refractivity (Wildman–Crippen MR) is 85.2 cm³/mol. The van der Waals surface area contributed by atoms with Crippen molar-refractivity contribution in [1.29, 1.82) is 0 Å². The van der Waals surface area contributed by atoms with Crippen LogP contribution in [-0.2, 0) is 13.0 Å². The lowest BCUT2D eigenvalue weighted by molar-refractivity contribution is 0.306. The maximum absolute atomic E-state index is 5.87. The van der Waals surface area contributed by atoms with Crippen molar-refractivity contribution in [3.05, 3.63) is 65.2 Å². The van der Waals surface area contributed by atoms with Crippen molar-refractivity contribution in [3.8, 4) is 5.75 Å². The van der Waals surface area contributed by atoms with E-state index in [4.69, 9.17) is 17.0 Å². The first kappa shape index (κ1) is 13.1. The molecule has 0 spiro atoms. The van der Waals surface area contributed by atoms with Crippen molar-refractivity contribution in [2.75, 3.05) is 6.54 Å². The number of thiocarbonyl (C=S) groups is 1. The van der Waals surface area contributed by atoms with E-state index in [9.17, 15) is 0 Å². The minimum atomic E-state index is 0.600. The molecule has 3 heteroatoms. The molecule has 0 fully saturated rings. The summed E-state index contributed by atoms with van der Waals surface area (Å²) in [4.78, 5) is 0.854. The molecule has 0 atom stereocenters. The standard InChI is InChI=1S/C17H17NOS/c20-17-16-9-8-15(11-14(16)7-4-10-18-17)19-12-13-5-2-1-3-6-13/h1-3,5-6,8-9,11H,4,7,10,12H2,(H,18,20). The van der Waals surface area contributed by atoms with Crippen molar-refractivity contribution < 1.29 is 4.74 Å². The van der Waals surface area contributed by atoms with Crippen LogP contribution in [0.5, 0.6) is 5.75 Å². The van der Waals surface area contributed by atoms with E-state index in [0.717, 1.165) is 35.7 Å². The van der Waals surface area contributed by atoms with E-state index in [1.54, 1.807) is 0 Å². The zero-order valence-corrected chi connectivity index (χ0v) is 12.1. The fraction of sp³-hybridized carbons (Fsp3) is 0.235. The zero-order chi connectivity index (χ0) is 13.8. The molecule has 0 aromatic heterocycles. The second kappa shape index (κ2) is 6.06. The topological polar surface area (TPSA) is 21.3 Å². The van der Waals surface area contributed by atoms with Crippen molar-refractivity contribution in [2.45, 2.75) is 19.4 Å². The smallest absolute Gasteiger partial charge is 0.120 e. The largest absolute Gasteiger partial charge is 0.489 e. The van der Waals surface area contributed by atoms with Crippen LogP contribution >= 0.6 is 12.2 Å². The Labute approximate surface area is 124 Å². The number of rotatable bonds is 3. The summed E-state index contributed by atoms with van der Waals surface area (Å²) in [5.74, 6) is 0.914. The van der Waals surface area contributed by atoms with Gasteiger partial charge >= 0.3 is 0 Å². The van der Waals surface area contributed by atoms with Crippen LogP contribution in [0.25, 0.3) is 0 Å². The Kier molecular flexibility index (Phi) is 3.97. The molecule has 0 saturated heterocycles. The van der Waals surface area contributed by atoms with E-state index < -0.39 is 0 Å². The Morgan fingerprint density at radius 2 is 1.95 bits per heavy atom. The lowest BCUT2D eigenvalue weighted by atomic mass is 10.0. The van der Waals surface area contributed by atoms with Gasteiger partial charge in [-0.2, -0.15) is 0 Å².